The number of aromatic nitrogens is 1. The fourth-order valence-corrected chi connectivity index (χ4v) is 1.39. The average molecular weight is 230 g/mol. The minimum absolute atomic E-state index is 0.0273. The van der Waals surface area contributed by atoms with E-state index in [0.717, 1.165) is 11.3 Å². The van der Waals surface area contributed by atoms with E-state index in [2.05, 4.69) is 4.98 Å². The molecule has 0 bridgehead atoms. The van der Waals surface area contributed by atoms with Gasteiger partial charge < -0.3 is 15.6 Å². The smallest absolute Gasteiger partial charge is 0.219 e. The van der Waals surface area contributed by atoms with E-state index >= 15 is 0 Å². The van der Waals surface area contributed by atoms with Gasteiger partial charge in [-0.2, -0.15) is 0 Å². The molecule has 0 atom stereocenters. The zero-order chi connectivity index (χ0) is 12.3. The quantitative estimate of drug-likeness (QED) is 0.848. The monoisotopic (exact) mass is 230 g/mol. The minimum Gasteiger partial charge on any atom is -0.439 e. The van der Waals surface area contributed by atoms with E-state index in [1.807, 2.05) is 6.92 Å². The second kappa shape index (κ2) is 4.84. The summed E-state index contributed by atoms with van der Waals surface area (Å²) >= 11 is 0. The number of nitrogens with two attached hydrogens (primary N) is 1. The van der Waals surface area contributed by atoms with E-state index in [1.165, 1.54) is 0 Å². The van der Waals surface area contributed by atoms with Crippen molar-refractivity contribution in [2.75, 3.05) is 5.73 Å². The van der Waals surface area contributed by atoms with E-state index in [-0.39, 0.29) is 6.61 Å². The summed E-state index contributed by atoms with van der Waals surface area (Å²) in [5.41, 5.74) is 7.91. The first-order chi connectivity index (χ1) is 8.19. The van der Waals surface area contributed by atoms with Crippen molar-refractivity contribution >= 4 is 5.69 Å². The van der Waals surface area contributed by atoms with E-state index in [0.29, 0.717) is 17.3 Å². The van der Waals surface area contributed by atoms with Crippen LogP contribution in [-0.2, 0) is 6.61 Å². The molecule has 2 aromatic rings. The molecule has 2 rings (SSSR count). The van der Waals surface area contributed by atoms with Gasteiger partial charge in [-0.05, 0) is 30.7 Å². The SMILES string of the molecule is Cc1nc(Oc2ccc(CO)cc2)ccc1N. The summed E-state index contributed by atoms with van der Waals surface area (Å²) < 4.78 is 5.57. The molecule has 0 saturated carbocycles. The van der Waals surface area contributed by atoms with Crippen LogP contribution in [0.2, 0.25) is 0 Å². The number of anilines is 1. The molecule has 1 aromatic heterocycles. The predicted octanol–water partition coefficient (Wildman–Crippen LogP) is 2.26. The number of aryl methyl sites for hydroxylation is 1. The molecule has 0 fully saturated rings. The number of ether oxygens (including phenoxy) is 1. The zero-order valence-electron chi connectivity index (χ0n) is 9.55. The molecule has 0 amide bonds. The first-order valence-corrected chi connectivity index (χ1v) is 5.30. The molecule has 0 aliphatic carbocycles. The highest BCUT2D eigenvalue weighted by atomic mass is 16.5. The molecule has 0 radical (unpaired) electrons. The van der Waals surface area contributed by atoms with Gasteiger partial charge in [-0.15, -0.1) is 0 Å². The normalized spacial score (nSPS) is 10.2. The largest absolute Gasteiger partial charge is 0.439 e. The number of hydrogen-bond acceptors (Lipinski definition) is 4. The van der Waals surface area contributed by atoms with Crippen LogP contribution in [-0.4, -0.2) is 10.1 Å². The van der Waals surface area contributed by atoms with Crippen LogP contribution in [0.25, 0.3) is 0 Å². The summed E-state index contributed by atoms with van der Waals surface area (Å²) in [7, 11) is 0. The maximum atomic E-state index is 8.92. The molecule has 4 heteroatoms. The van der Waals surface area contributed by atoms with Crippen LogP contribution in [0, 0.1) is 6.92 Å². The Morgan fingerprint density at radius 2 is 1.88 bits per heavy atom. The molecule has 0 unspecified atom stereocenters. The van der Waals surface area contributed by atoms with Gasteiger partial charge in [-0.3, -0.25) is 0 Å². The van der Waals surface area contributed by atoms with E-state index in [9.17, 15) is 0 Å². The fourth-order valence-electron chi connectivity index (χ4n) is 1.39. The number of pyridine rings is 1. The van der Waals surface area contributed by atoms with Gasteiger partial charge in [0.1, 0.15) is 5.75 Å². The molecule has 0 aliphatic rings. The van der Waals surface area contributed by atoms with Crippen LogP contribution in [0.4, 0.5) is 5.69 Å². The highest BCUT2D eigenvalue weighted by Gasteiger charge is 2.01. The molecule has 0 aliphatic heterocycles. The fraction of sp³-hybridized carbons (Fsp3) is 0.154. The average Bonchev–Trinajstić information content (AvgIpc) is 2.35. The minimum atomic E-state index is 0.0273. The number of benzene rings is 1. The molecular weight excluding hydrogens is 216 g/mol. The highest BCUT2D eigenvalue weighted by molar-refractivity contribution is 5.44. The predicted molar refractivity (Wildman–Crippen MR) is 65.8 cm³/mol. The highest BCUT2D eigenvalue weighted by Crippen LogP contribution is 2.21. The Morgan fingerprint density at radius 1 is 1.18 bits per heavy atom. The standard InChI is InChI=1S/C13H14N2O2/c1-9-12(14)6-7-13(15-9)17-11-4-2-10(8-16)3-5-11/h2-7,16H,8,14H2,1H3. The third-order valence-corrected chi connectivity index (χ3v) is 2.43. The summed E-state index contributed by atoms with van der Waals surface area (Å²) in [6.07, 6.45) is 0. The summed E-state index contributed by atoms with van der Waals surface area (Å²) in [6, 6.07) is 10.7. The molecule has 1 heterocycles. The lowest BCUT2D eigenvalue weighted by Gasteiger charge is -2.07. The molecular formula is C13H14N2O2. The van der Waals surface area contributed by atoms with Gasteiger partial charge >= 0.3 is 0 Å². The Labute approximate surface area is 99.7 Å². The zero-order valence-corrected chi connectivity index (χ0v) is 9.55. The van der Waals surface area contributed by atoms with Crippen molar-refractivity contribution in [3.8, 4) is 11.6 Å². The maximum Gasteiger partial charge on any atom is 0.219 e. The lowest BCUT2D eigenvalue weighted by molar-refractivity contribution is 0.281. The van der Waals surface area contributed by atoms with Crippen LogP contribution in [0.3, 0.4) is 0 Å². The van der Waals surface area contributed by atoms with Gasteiger partial charge in [0.05, 0.1) is 18.0 Å². The van der Waals surface area contributed by atoms with Crippen molar-refractivity contribution in [2.45, 2.75) is 13.5 Å². The van der Waals surface area contributed by atoms with Crippen molar-refractivity contribution < 1.29 is 9.84 Å². The van der Waals surface area contributed by atoms with Crippen LogP contribution in [0.15, 0.2) is 36.4 Å². The van der Waals surface area contributed by atoms with Crippen molar-refractivity contribution in [1.82, 2.24) is 4.98 Å². The lowest BCUT2D eigenvalue weighted by Crippen LogP contribution is -1.95. The molecule has 3 N–H and O–H groups in total. The van der Waals surface area contributed by atoms with Gasteiger partial charge in [0, 0.05) is 6.07 Å². The number of hydrogen-bond donors (Lipinski definition) is 2. The van der Waals surface area contributed by atoms with Crippen molar-refractivity contribution in [3.63, 3.8) is 0 Å². The topological polar surface area (TPSA) is 68.4 Å². The van der Waals surface area contributed by atoms with Gasteiger partial charge in [-0.25, -0.2) is 4.98 Å². The number of aliphatic hydroxyl groups is 1. The molecule has 0 saturated heterocycles. The molecule has 4 nitrogen and oxygen atoms in total. The number of aliphatic hydroxyl groups excluding tert-OH is 1. The Morgan fingerprint density at radius 3 is 2.47 bits per heavy atom. The molecule has 88 valence electrons. The second-order valence-electron chi connectivity index (χ2n) is 3.73. The molecule has 1 aromatic carbocycles. The van der Waals surface area contributed by atoms with Crippen LogP contribution < -0.4 is 10.5 Å². The Hall–Kier alpha value is -2.07. The van der Waals surface area contributed by atoms with E-state index in [4.69, 9.17) is 15.6 Å². The van der Waals surface area contributed by atoms with Crippen LogP contribution in [0.5, 0.6) is 11.6 Å². The molecule has 17 heavy (non-hydrogen) atoms. The number of nitrogen functional groups attached to an aromatic ring is 1. The lowest BCUT2D eigenvalue weighted by atomic mass is 10.2. The Bertz CT molecular complexity index is 509. The summed E-state index contributed by atoms with van der Waals surface area (Å²) in [5.74, 6) is 1.19. The van der Waals surface area contributed by atoms with Crippen molar-refractivity contribution in [2.24, 2.45) is 0 Å². The van der Waals surface area contributed by atoms with E-state index < -0.39 is 0 Å². The Kier molecular flexibility index (Phi) is 3.25. The number of nitrogens with zero attached hydrogens (tertiary/aromatic N) is 1. The molecule has 0 spiro atoms. The third-order valence-electron chi connectivity index (χ3n) is 2.43. The van der Waals surface area contributed by atoms with Gasteiger partial charge in [0.2, 0.25) is 5.88 Å². The summed E-state index contributed by atoms with van der Waals surface area (Å²) in [6.45, 7) is 1.86. The second-order valence-corrected chi connectivity index (χ2v) is 3.73. The van der Waals surface area contributed by atoms with E-state index in [1.54, 1.807) is 36.4 Å². The number of rotatable bonds is 3. The third kappa shape index (κ3) is 2.73. The first kappa shape index (κ1) is 11.4. The summed E-state index contributed by atoms with van der Waals surface area (Å²) in [5, 5.41) is 8.92. The summed E-state index contributed by atoms with van der Waals surface area (Å²) in [4.78, 5) is 4.21. The van der Waals surface area contributed by atoms with Gasteiger partial charge in [0.15, 0.2) is 0 Å². The van der Waals surface area contributed by atoms with Gasteiger partial charge in [-0.1, -0.05) is 12.1 Å². The van der Waals surface area contributed by atoms with Crippen LogP contribution in [0.1, 0.15) is 11.3 Å². The maximum absolute atomic E-state index is 8.92. The van der Waals surface area contributed by atoms with Gasteiger partial charge in [0.25, 0.3) is 0 Å². The van der Waals surface area contributed by atoms with Crippen LogP contribution >= 0.6 is 0 Å². The Balaban J connectivity index is 2.16. The first-order valence-electron chi connectivity index (χ1n) is 5.30. The van der Waals surface area contributed by atoms with Crippen molar-refractivity contribution in [1.29, 1.82) is 0 Å². The van der Waals surface area contributed by atoms with Crippen molar-refractivity contribution in [3.05, 3.63) is 47.7 Å².